The number of benzene rings is 1. The summed E-state index contributed by atoms with van der Waals surface area (Å²) in [6, 6.07) is 14.3. The Bertz CT molecular complexity index is 827. The molecule has 3 saturated heterocycles. The largest absolute Gasteiger partial charge is 0.371 e. The first-order valence-electron chi connectivity index (χ1n) is 9.81. The molecule has 0 radical (unpaired) electrons. The summed E-state index contributed by atoms with van der Waals surface area (Å²) in [7, 11) is 0. The average Bonchev–Trinajstić information content (AvgIpc) is 3.08. The van der Waals surface area contributed by atoms with E-state index in [0.29, 0.717) is 6.54 Å². The lowest BCUT2D eigenvalue weighted by Gasteiger charge is -2.39. The van der Waals surface area contributed by atoms with Crippen LogP contribution in [0.5, 0.6) is 0 Å². The Balaban J connectivity index is 1.23. The van der Waals surface area contributed by atoms with Crippen molar-refractivity contribution in [3.8, 4) is 0 Å². The second kappa shape index (κ2) is 7.39. The summed E-state index contributed by atoms with van der Waals surface area (Å²) in [5.74, 6) is 0.174. The van der Waals surface area contributed by atoms with Crippen LogP contribution in [0.4, 0.5) is 5.69 Å². The molecule has 1 aromatic heterocycles. The van der Waals surface area contributed by atoms with E-state index in [1.165, 1.54) is 5.69 Å². The zero-order valence-corrected chi connectivity index (χ0v) is 16.6. The van der Waals surface area contributed by atoms with E-state index in [2.05, 4.69) is 38.5 Å². The van der Waals surface area contributed by atoms with E-state index in [-0.39, 0.29) is 17.7 Å². The number of fused-ring (bicyclic) bond motifs is 1. The fourth-order valence-corrected chi connectivity index (χ4v) is 5.32. The SMILES string of the molecule is O=C1CN(Sc2ccccc2)CC2OC3(CCN(c4ccncc4)CC3)CN12. The molecule has 1 amide bonds. The molecule has 4 heterocycles. The predicted octanol–water partition coefficient (Wildman–Crippen LogP) is 2.63. The highest BCUT2D eigenvalue weighted by Gasteiger charge is 2.50. The van der Waals surface area contributed by atoms with E-state index in [1.807, 2.05) is 35.5 Å². The van der Waals surface area contributed by atoms with Crippen LogP contribution in [0.1, 0.15) is 12.8 Å². The van der Waals surface area contributed by atoms with Gasteiger partial charge in [-0.25, -0.2) is 4.31 Å². The second-order valence-corrected chi connectivity index (χ2v) is 8.87. The number of ether oxygens (including phenoxy) is 1. The first-order chi connectivity index (χ1) is 13.7. The molecule has 0 bridgehead atoms. The molecule has 3 fully saturated rings. The molecular formula is C21H24N4O2S. The van der Waals surface area contributed by atoms with Crippen molar-refractivity contribution in [1.29, 1.82) is 0 Å². The van der Waals surface area contributed by atoms with Gasteiger partial charge in [-0.1, -0.05) is 18.2 Å². The first kappa shape index (κ1) is 18.0. The maximum absolute atomic E-state index is 12.8. The Kier molecular flexibility index (Phi) is 4.74. The highest BCUT2D eigenvalue weighted by Crippen LogP contribution is 2.39. The molecule has 5 rings (SSSR count). The Morgan fingerprint density at radius 2 is 1.82 bits per heavy atom. The number of hydrogen-bond acceptors (Lipinski definition) is 6. The van der Waals surface area contributed by atoms with E-state index in [4.69, 9.17) is 4.74 Å². The molecule has 28 heavy (non-hydrogen) atoms. The highest BCUT2D eigenvalue weighted by molar-refractivity contribution is 7.97. The Morgan fingerprint density at radius 1 is 1.07 bits per heavy atom. The molecule has 1 aromatic carbocycles. The predicted molar refractivity (Wildman–Crippen MR) is 109 cm³/mol. The summed E-state index contributed by atoms with van der Waals surface area (Å²) in [6.45, 7) is 3.81. The Morgan fingerprint density at radius 3 is 2.57 bits per heavy atom. The van der Waals surface area contributed by atoms with E-state index in [9.17, 15) is 4.79 Å². The molecule has 3 aliphatic heterocycles. The molecule has 1 unspecified atom stereocenters. The van der Waals surface area contributed by atoms with Crippen LogP contribution >= 0.6 is 11.9 Å². The van der Waals surface area contributed by atoms with Crippen molar-refractivity contribution in [2.75, 3.05) is 37.6 Å². The molecule has 3 aliphatic rings. The summed E-state index contributed by atoms with van der Waals surface area (Å²) in [5, 5.41) is 0. The summed E-state index contributed by atoms with van der Waals surface area (Å²) in [6.07, 6.45) is 5.43. The van der Waals surface area contributed by atoms with Gasteiger partial charge in [-0.15, -0.1) is 0 Å². The number of nitrogens with zero attached hydrogens (tertiary/aromatic N) is 4. The van der Waals surface area contributed by atoms with Gasteiger partial charge in [0.2, 0.25) is 5.91 Å². The van der Waals surface area contributed by atoms with Gasteiger partial charge in [0.15, 0.2) is 0 Å². The maximum atomic E-state index is 12.8. The van der Waals surface area contributed by atoms with E-state index >= 15 is 0 Å². The molecule has 6 nitrogen and oxygen atoms in total. The molecule has 2 aromatic rings. The third kappa shape index (κ3) is 3.50. The van der Waals surface area contributed by atoms with Crippen LogP contribution in [0.2, 0.25) is 0 Å². The van der Waals surface area contributed by atoms with Gasteiger partial charge in [-0.3, -0.25) is 9.78 Å². The van der Waals surface area contributed by atoms with E-state index < -0.39 is 0 Å². The van der Waals surface area contributed by atoms with Crippen LogP contribution in [0.15, 0.2) is 59.8 Å². The smallest absolute Gasteiger partial charge is 0.239 e. The number of carbonyl (C=O) groups is 1. The van der Waals surface area contributed by atoms with Crippen molar-refractivity contribution in [3.05, 3.63) is 54.9 Å². The lowest BCUT2D eigenvalue weighted by atomic mass is 9.91. The Hall–Kier alpha value is -2.09. The minimum absolute atomic E-state index is 0.134. The fourth-order valence-electron chi connectivity index (χ4n) is 4.37. The lowest BCUT2D eigenvalue weighted by molar-refractivity contribution is -0.144. The van der Waals surface area contributed by atoms with Gasteiger partial charge < -0.3 is 14.5 Å². The number of aromatic nitrogens is 1. The van der Waals surface area contributed by atoms with Crippen molar-refractivity contribution in [3.63, 3.8) is 0 Å². The highest BCUT2D eigenvalue weighted by atomic mass is 32.2. The summed E-state index contributed by atoms with van der Waals surface area (Å²) in [4.78, 5) is 22.4. The van der Waals surface area contributed by atoms with Crippen LogP contribution in [-0.4, -0.2) is 64.6 Å². The number of pyridine rings is 1. The van der Waals surface area contributed by atoms with Gasteiger partial charge in [-0.05, 0) is 49.1 Å². The standard InChI is InChI=1S/C21H24N4O2S/c26-19-14-24(28-18-4-2-1-3-5-18)15-20-25(19)16-21(27-20)8-12-23(13-9-21)17-6-10-22-11-7-17/h1-7,10-11,20H,8-9,12-16H2. The Labute approximate surface area is 169 Å². The number of piperidine rings is 1. The normalized spacial score (nSPS) is 24.6. The van der Waals surface area contributed by atoms with Crippen LogP contribution < -0.4 is 4.90 Å². The summed E-state index contributed by atoms with van der Waals surface area (Å²) < 4.78 is 8.66. The molecule has 0 aliphatic carbocycles. The zero-order chi connectivity index (χ0) is 19.0. The molecular weight excluding hydrogens is 372 g/mol. The van der Waals surface area contributed by atoms with Gasteiger partial charge in [-0.2, -0.15) is 0 Å². The second-order valence-electron chi connectivity index (χ2n) is 7.70. The first-order valence-corrected chi connectivity index (χ1v) is 10.6. The van der Waals surface area contributed by atoms with Crippen LogP contribution in [0, 0.1) is 0 Å². The monoisotopic (exact) mass is 396 g/mol. The molecule has 1 atom stereocenters. The van der Waals surface area contributed by atoms with Crippen LogP contribution in [0.25, 0.3) is 0 Å². The summed E-state index contributed by atoms with van der Waals surface area (Å²) >= 11 is 1.64. The van der Waals surface area contributed by atoms with E-state index in [0.717, 1.165) is 43.9 Å². The van der Waals surface area contributed by atoms with Gasteiger partial charge in [0.05, 0.1) is 25.2 Å². The fraction of sp³-hybridized carbons (Fsp3) is 0.429. The number of piperazine rings is 1. The molecule has 0 N–H and O–H groups in total. The maximum Gasteiger partial charge on any atom is 0.239 e. The van der Waals surface area contributed by atoms with Crippen molar-refractivity contribution in [1.82, 2.24) is 14.2 Å². The van der Waals surface area contributed by atoms with Crippen LogP contribution in [-0.2, 0) is 9.53 Å². The lowest BCUT2D eigenvalue weighted by Crippen LogP contribution is -2.52. The van der Waals surface area contributed by atoms with Gasteiger partial charge in [0, 0.05) is 36.1 Å². The third-order valence-corrected chi connectivity index (χ3v) is 6.88. The molecule has 146 valence electrons. The number of hydrogen-bond donors (Lipinski definition) is 0. The third-order valence-electron chi connectivity index (χ3n) is 5.86. The van der Waals surface area contributed by atoms with Gasteiger partial charge in [0.1, 0.15) is 6.23 Å². The molecule has 7 heteroatoms. The van der Waals surface area contributed by atoms with Crippen molar-refractivity contribution < 1.29 is 9.53 Å². The molecule has 0 saturated carbocycles. The topological polar surface area (TPSA) is 48.9 Å². The van der Waals surface area contributed by atoms with Gasteiger partial charge >= 0.3 is 0 Å². The van der Waals surface area contributed by atoms with Crippen molar-refractivity contribution >= 4 is 23.5 Å². The molecule has 1 spiro atoms. The minimum Gasteiger partial charge on any atom is -0.371 e. The average molecular weight is 397 g/mol. The van der Waals surface area contributed by atoms with Gasteiger partial charge in [0.25, 0.3) is 0 Å². The number of amides is 1. The number of carbonyl (C=O) groups excluding carboxylic acids is 1. The number of anilines is 1. The van der Waals surface area contributed by atoms with Crippen molar-refractivity contribution in [2.45, 2.75) is 29.6 Å². The number of rotatable bonds is 3. The quantitative estimate of drug-likeness (QED) is 0.744. The van der Waals surface area contributed by atoms with E-state index in [1.54, 1.807) is 11.9 Å². The van der Waals surface area contributed by atoms with Crippen molar-refractivity contribution in [2.24, 2.45) is 0 Å². The van der Waals surface area contributed by atoms with Crippen LogP contribution in [0.3, 0.4) is 0 Å². The summed E-state index contributed by atoms with van der Waals surface area (Å²) in [5.41, 5.74) is 1.01. The zero-order valence-electron chi connectivity index (χ0n) is 15.7. The minimum atomic E-state index is -0.197.